The van der Waals surface area contributed by atoms with E-state index in [0.29, 0.717) is 17.7 Å². The molecule has 0 atom stereocenters. The van der Waals surface area contributed by atoms with Crippen molar-refractivity contribution in [3.63, 3.8) is 0 Å². The summed E-state index contributed by atoms with van der Waals surface area (Å²) in [7, 11) is 0. The molecule has 5 heteroatoms. The number of aryl methyl sites for hydroxylation is 1. The molecule has 1 heterocycles. The van der Waals surface area contributed by atoms with Gasteiger partial charge in [0.05, 0.1) is 0 Å². The van der Waals surface area contributed by atoms with E-state index < -0.39 is 5.97 Å². The third-order valence-electron chi connectivity index (χ3n) is 3.22. The Bertz CT molecular complexity index is 761. The summed E-state index contributed by atoms with van der Waals surface area (Å²) in [5.41, 5.74) is 2.34. The molecule has 0 aliphatic heterocycles. The maximum absolute atomic E-state index is 11.5. The molecule has 0 radical (unpaired) electrons. The highest BCUT2D eigenvalue weighted by Crippen LogP contribution is 2.21. The Labute approximate surface area is 128 Å². The van der Waals surface area contributed by atoms with Crippen molar-refractivity contribution in [2.24, 2.45) is 0 Å². The summed E-state index contributed by atoms with van der Waals surface area (Å²) in [6.45, 7) is 7.81. The van der Waals surface area contributed by atoms with Crippen LogP contribution >= 0.6 is 0 Å². The van der Waals surface area contributed by atoms with Gasteiger partial charge in [0.2, 0.25) is 0 Å². The topological polar surface area (TPSA) is 68.5 Å². The molecule has 0 unspecified atom stereocenters. The van der Waals surface area contributed by atoms with Crippen molar-refractivity contribution in [1.29, 1.82) is 0 Å². The standard InChI is InChI=1S/C17H19NO4/c1-4-12-9-16(19)22-15-10-13(5-6-14(12)15)18-7-8-21-17(20)11(2)3/h5-6,9-10,18H,2,4,7-8H2,1,3H3. The number of nitrogens with one attached hydrogen (secondary N) is 1. The molecule has 0 saturated carbocycles. The monoisotopic (exact) mass is 301 g/mol. The molecule has 22 heavy (non-hydrogen) atoms. The molecule has 116 valence electrons. The van der Waals surface area contributed by atoms with Crippen molar-refractivity contribution >= 4 is 22.6 Å². The molecule has 0 amide bonds. The molecule has 0 aliphatic rings. The van der Waals surface area contributed by atoms with Crippen LogP contribution in [0.15, 0.2) is 45.6 Å². The fourth-order valence-corrected chi connectivity index (χ4v) is 2.09. The third-order valence-corrected chi connectivity index (χ3v) is 3.22. The molecule has 0 fully saturated rings. The highest BCUT2D eigenvalue weighted by molar-refractivity contribution is 5.87. The van der Waals surface area contributed by atoms with Crippen LogP contribution in [-0.4, -0.2) is 19.1 Å². The van der Waals surface area contributed by atoms with Crippen LogP contribution in [-0.2, 0) is 16.0 Å². The van der Waals surface area contributed by atoms with Crippen LogP contribution in [0.1, 0.15) is 19.4 Å². The molecule has 1 aromatic heterocycles. The lowest BCUT2D eigenvalue weighted by Gasteiger charge is -2.09. The van der Waals surface area contributed by atoms with Crippen LogP contribution in [0.5, 0.6) is 0 Å². The van der Waals surface area contributed by atoms with Crippen LogP contribution in [0.25, 0.3) is 11.0 Å². The van der Waals surface area contributed by atoms with Crippen LogP contribution in [0.2, 0.25) is 0 Å². The summed E-state index contributed by atoms with van der Waals surface area (Å²) in [4.78, 5) is 22.8. The number of carbonyl (C=O) groups is 1. The first-order valence-corrected chi connectivity index (χ1v) is 7.14. The van der Waals surface area contributed by atoms with Gasteiger partial charge in [0, 0.05) is 35.3 Å². The van der Waals surface area contributed by atoms with Crippen LogP contribution < -0.4 is 10.9 Å². The van der Waals surface area contributed by atoms with Gasteiger partial charge in [-0.3, -0.25) is 0 Å². The maximum atomic E-state index is 11.5. The van der Waals surface area contributed by atoms with E-state index in [1.54, 1.807) is 13.0 Å². The highest BCUT2D eigenvalue weighted by atomic mass is 16.5. The molecular formula is C17H19NO4. The van der Waals surface area contributed by atoms with E-state index in [9.17, 15) is 9.59 Å². The molecule has 1 aromatic carbocycles. The lowest BCUT2D eigenvalue weighted by molar-refractivity contribution is -0.138. The number of rotatable bonds is 6. The molecule has 0 bridgehead atoms. The Hall–Kier alpha value is -2.56. The molecule has 5 nitrogen and oxygen atoms in total. The fraction of sp³-hybridized carbons (Fsp3) is 0.294. The first-order valence-electron chi connectivity index (χ1n) is 7.14. The van der Waals surface area contributed by atoms with Crippen molar-refractivity contribution < 1.29 is 13.9 Å². The molecule has 0 spiro atoms. The molecular weight excluding hydrogens is 282 g/mol. The maximum Gasteiger partial charge on any atom is 0.336 e. The lowest BCUT2D eigenvalue weighted by Crippen LogP contribution is -2.14. The average Bonchev–Trinajstić information content (AvgIpc) is 2.49. The fourth-order valence-electron chi connectivity index (χ4n) is 2.09. The van der Waals surface area contributed by atoms with E-state index in [1.807, 2.05) is 19.1 Å². The summed E-state index contributed by atoms with van der Waals surface area (Å²) in [6, 6.07) is 7.12. The number of ether oxygens (including phenoxy) is 1. The normalized spacial score (nSPS) is 10.5. The Kier molecular flexibility index (Phi) is 4.99. The van der Waals surface area contributed by atoms with Gasteiger partial charge < -0.3 is 14.5 Å². The van der Waals surface area contributed by atoms with Gasteiger partial charge in [-0.15, -0.1) is 0 Å². The van der Waals surface area contributed by atoms with Crippen LogP contribution in [0, 0.1) is 0 Å². The molecule has 0 saturated heterocycles. The van der Waals surface area contributed by atoms with Gasteiger partial charge in [-0.1, -0.05) is 13.5 Å². The second-order valence-corrected chi connectivity index (χ2v) is 5.00. The van der Waals surface area contributed by atoms with Gasteiger partial charge in [-0.05, 0) is 31.0 Å². The summed E-state index contributed by atoms with van der Waals surface area (Å²) < 4.78 is 10.2. The second kappa shape index (κ2) is 6.93. The number of anilines is 1. The summed E-state index contributed by atoms with van der Waals surface area (Å²) in [6.07, 6.45) is 0.770. The van der Waals surface area contributed by atoms with E-state index in [1.165, 1.54) is 6.07 Å². The quantitative estimate of drug-likeness (QED) is 0.384. The zero-order valence-corrected chi connectivity index (χ0v) is 12.8. The van der Waals surface area contributed by atoms with E-state index in [-0.39, 0.29) is 12.2 Å². The van der Waals surface area contributed by atoms with Crippen molar-refractivity contribution in [2.45, 2.75) is 20.3 Å². The zero-order chi connectivity index (χ0) is 16.1. The minimum absolute atomic E-state index is 0.239. The van der Waals surface area contributed by atoms with Gasteiger partial charge in [0.25, 0.3) is 0 Å². The van der Waals surface area contributed by atoms with Gasteiger partial charge >= 0.3 is 11.6 Å². The average molecular weight is 301 g/mol. The number of carbonyl (C=O) groups excluding carboxylic acids is 1. The number of fused-ring (bicyclic) bond motifs is 1. The third kappa shape index (κ3) is 3.75. The lowest BCUT2D eigenvalue weighted by atomic mass is 10.1. The molecule has 0 aliphatic carbocycles. The smallest absolute Gasteiger partial charge is 0.336 e. The van der Waals surface area contributed by atoms with Crippen LogP contribution in [0.3, 0.4) is 0 Å². The summed E-state index contributed by atoms with van der Waals surface area (Å²) in [5.74, 6) is -0.404. The van der Waals surface area contributed by atoms with Gasteiger partial charge in [0.1, 0.15) is 12.2 Å². The summed E-state index contributed by atoms with van der Waals surface area (Å²) >= 11 is 0. The number of hydrogen-bond donors (Lipinski definition) is 1. The Morgan fingerprint density at radius 3 is 2.82 bits per heavy atom. The Morgan fingerprint density at radius 1 is 1.36 bits per heavy atom. The van der Waals surface area contributed by atoms with Crippen molar-refractivity contribution in [3.8, 4) is 0 Å². The van der Waals surface area contributed by atoms with Crippen molar-refractivity contribution in [1.82, 2.24) is 0 Å². The van der Waals surface area contributed by atoms with E-state index in [2.05, 4.69) is 11.9 Å². The molecule has 2 rings (SSSR count). The Morgan fingerprint density at radius 2 is 2.14 bits per heavy atom. The minimum atomic E-state index is -0.404. The van der Waals surface area contributed by atoms with Crippen molar-refractivity contribution in [2.75, 3.05) is 18.5 Å². The molecule has 1 N–H and O–H groups in total. The van der Waals surface area contributed by atoms with Crippen LogP contribution in [0.4, 0.5) is 5.69 Å². The van der Waals surface area contributed by atoms with E-state index in [4.69, 9.17) is 9.15 Å². The SMILES string of the molecule is C=C(C)C(=O)OCCNc1ccc2c(CC)cc(=O)oc2c1. The van der Waals surface area contributed by atoms with Crippen molar-refractivity contribution in [3.05, 3.63) is 52.4 Å². The van der Waals surface area contributed by atoms with Gasteiger partial charge in [-0.2, -0.15) is 0 Å². The highest BCUT2D eigenvalue weighted by Gasteiger charge is 2.06. The van der Waals surface area contributed by atoms with Gasteiger partial charge in [0.15, 0.2) is 0 Å². The number of esters is 1. The second-order valence-electron chi connectivity index (χ2n) is 5.00. The minimum Gasteiger partial charge on any atom is -0.460 e. The van der Waals surface area contributed by atoms with E-state index >= 15 is 0 Å². The Balaban J connectivity index is 2.05. The predicted molar refractivity (Wildman–Crippen MR) is 86.1 cm³/mol. The van der Waals surface area contributed by atoms with Gasteiger partial charge in [-0.25, -0.2) is 9.59 Å². The molecule has 2 aromatic rings. The summed E-state index contributed by atoms with van der Waals surface area (Å²) in [5, 5.41) is 4.05. The first kappa shape index (κ1) is 15.8. The number of hydrogen-bond acceptors (Lipinski definition) is 5. The largest absolute Gasteiger partial charge is 0.460 e. The zero-order valence-electron chi connectivity index (χ0n) is 12.8. The predicted octanol–water partition coefficient (Wildman–Crippen LogP) is 2.89. The van der Waals surface area contributed by atoms with E-state index in [0.717, 1.165) is 23.1 Å². The first-order chi connectivity index (χ1) is 10.5. The number of benzene rings is 1.